The molecule has 1 aromatic heterocycles. The van der Waals surface area contributed by atoms with Crippen LogP contribution in [0.5, 0.6) is 5.75 Å². The van der Waals surface area contributed by atoms with Crippen molar-refractivity contribution in [3.8, 4) is 17.0 Å². The predicted molar refractivity (Wildman–Crippen MR) is 72.6 cm³/mol. The van der Waals surface area contributed by atoms with E-state index in [1.807, 2.05) is 26.0 Å². The average molecular weight is 248 g/mol. The first-order valence-electron chi connectivity index (χ1n) is 5.58. The Labute approximate surface area is 105 Å². The van der Waals surface area contributed by atoms with Gasteiger partial charge in [-0.25, -0.2) is 4.98 Å². The van der Waals surface area contributed by atoms with Gasteiger partial charge in [-0.1, -0.05) is 11.6 Å². The van der Waals surface area contributed by atoms with Crippen LogP contribution < -0.4 is 10.5 Å². The Morgan fingerprint density at radius 1 is 1.35 bits per heavy atom. The van der Waals surface area contributed by atoms with Crippen molar-refractivity contribution in [2.45, 2.75) is 20.8 Å². The zero-order chi connectivity index (χ0) is 12.4. The fourth-order valence-corrected chi connectivity index (χ4v) is 2.48. The van der Waals surface area contributed by atoms with Crippen LogP contribution in [0, 0.1) is 13.8 Å². The highest BCUT2D eigenvalue weighted by atomic mass is 32.1. The van der Waals surface area contributed by atoms with Crippen LogP contribution in [0.15, 0.2) is 18.2 Å². The molecule has 0 saturated carbocycles. The number of anilines is 1. The monoisotopic (exact) mass is 248 g/mol. The minimum atomic E-state index is 0.599. The van der Waals surface area contributed by atoms with Crippen molar-refractivity contribution in [2.75, 3.05) is 12.3 Å². The molecule has 0 radical (unpaired) electrons. The lowest BCUT2D eigenvalue weighted by atomic mass is 10.1. The van der Waals surface area contributed by atoms with Crippen LogP contribution in [0.2, 0.25) is 0 Å². The SMILES string of the molecule is CCOc1ccc(C)cc1-c1nc(N)sc1C. The molecule has 0 aliphatic heterocycles. The van der Waals surface area contributed by atoms with Gasteiger partial charge < -0.3 is 10.5 Å². The van der Waals surface area contributed by atoms with Gasteiger partial charge in [0.1, 0.15) is 5.75 Å². The highest BCUT2D eigenvalue weighted by Crippen LogP contribution is 2.35. The topological polar surface area (TPSA) is 48.1 Å². The maximum absolute atomic E-state index is 5.75. The molecule has 2 aromatic rings. The molecule has 1 heterocycles. The van der Waals surface area contributed by atoms with Gasteiger partial charge in [0.15, 0.2) is 5.13 Å². The Balaban J connectivity index is 2.56. The van der Waals surface area contributed by atoms with Crippen molar-refractivity contribution < 1.29 is 4.74 Å². The fraction of sp³-hybridized carbons (Fsp3) is 0.308. The summed E-state index contributed by atoms with van der Waals surface area (Å²) in [5.74, 6) is 0.867. The molecule has 1 aromatic carbocycles. The van der Waals surface area contributed by atoms with Gasteiger partial charge in [-0.3, -0.25) is 0 Å². The summed E-state index contributed by atoms with van der Waals surface area (Å²) in [6.45, 7) is 6.71. The molecule has 0 atom stereocenters. The van der Waals surface area contributed by atoms with Crippen LogP contribution in [0.3, 0.4) is 0 Å². The minimum absolute atomic E-state index is 0.599. The summed E-state index contributed by atoms with van der Waals surface area (Å²) in [5, 5.41) is 0.599. The number of benzene rings is 1. The number of nitrogen functional groups attached to an aromatic ring is 1. The van der Waals surface area contributed by atoms with Gasteiger partial charge in [0.2, 0.25) is 0 Å². The number of hydrogen-bond donors (Lipinski definition) is 1. The van der Waals surface area contributed by atoms with Gasteiger partial charge >= 0.3 is 0 Å². The molecular weight excluding hydrogens is 232 g/mol. The quantitative estimate of drug-likeness (QED) is 0.905. The molecule has 3 nitrogen and oxygen atoms in total. The van der Waals surface area contributed by atoms with E-state index in [4.69, 9.17) is 10.5 Å². The van der Waals surface area contributed by atoms with Crippen molar-refractivity contribution in [1.29, 1.82) is 0 Å². The summed E-state index contributed by atoms with van der Waals surface area (Å²) in [6.07, 6.45) is 0. The van der Waals surface area contributed by atoms with Crippen LogP contribution in [-0.4, -0.2) is 11.6 Å². The van der Waals surface area contributed by atoms with Crippen LogP contribution >= 0.6 is 11.3 Å². The Morgan fingerprint density at radius 2 is 2.12 bits per heavy atom. The third kappa shape index (κ3) is 2.42. The third-order valence-corrected chi connectivity index (χ3v) is 3.30. The molecule has 0 unspecified atom stereocenters. The summed E-state index contributed by atoms with van der Waals surface area (Å²) < 4.78 is 5.63. The van der Waals surface area contributed by atoms with E-state index in [1.54, 1.807) is 0 Å². The van der Waals surface area contributed by atoms with E-state index in [-0.39, 0.29) is 0 Å². The highest BCUT2D eigenvalue weighted by Gasteiger charge is 2.13. The zero-order valence-electron chi connectivity index (χ0n) is 10.3. The molecule has 0 aliphatic rings. The second kappa shape index (κ2) is 4.75. The summed E-state index contributed by atoms with van der Waals surface area (Å²) in [4.78, 5) is 5.50. The van der Waals surface area contributed by atoms with Crippen molar-refractivity contribution in [2.24, 2.45) is 0 Å². The average Bonchev–Trinajstić information content (AvgIpc) is 2.61. The number of nitrogens with zero attached hydrogens (tertiary/aromatic N) is 1. The fourth-order valence-electron chi connectivity index (χ4n) is 1.78. The van der Waals surface area contributed by atoms with Gasteiger partial charge in [-0.05, 0) is 32.9 Å². The minimum Gasteiger partial charge on any atom is -0.493 e. The summed E-state index contributed by atoms with van der Waals surface area (Å²) in [5.41, 5.74) is 8.89. The molecule has 0 fully saturated rings. The van der Waals surface area contributed by atoms with E-state index in [1.165, 1.54) is 16.9 Å². The largest absolute Gasteiger partial charge is 0.493 e. The molecule has 0 amide bonds. The van der Waals surface area contributed by atoms with E-state index >= 15 is 0 Å². The lowest BCUT2D eigenvalue weighted by molar-refractivity contribution is 0.341. The number of rotatable bonds is 3. The zero-order valence-corrected chi connectivity index (χ0v) is 11.1. The molecule has 4 heteroatoms. The summed E-state index contributed by atoms with van der Waals surface area (Å²) >= 11 is 1.51. The van der Waals surface area contributed by atoms with E-state index in [0.29, 0.717) is 11.7 Å². The number of hydrogen-bond acceptors (Lipinski definition) is 4. The standard InChI is InChI=1S/C13H16N2OS/c1-4-16-11-6-5-8(2)7-10(11)12-9(3)17-13(14)15-12/h5-7H,4H2,1-3H3,(H2,14,15). The molecular formula is C13H16N2OS. The lowest BCUT2D eigenvalue weighted by Gasteiger charge is -2.10. The second-order valence-electron chi connectivity index (χ2n) is 3.89. The van der Waals surface area contributed by atoms with Crippen molar-refractivity contribution >= 4 is 16.5 Å². The number of thiazole rings is 1. The summed E-state index contributed by atoms with van der Waals surface area (Å²) in [6, 6.07) is 6.12. The lowest BCUT2D eigenvalue weighted by Crippen LogP contribution is -1.95. The normalized spacial score (nSPS) is 10.5. The summed E-state index contributed by atoms with van der Waals surface area (Å²) in [7, 11) is 0. The number of aryl methyl sites for hydroxylation is 2. The maximum Gasteiger partial charge on any atom is 0.180 e. The molecule has 0 bridgehead atoms. The highest BCUT2D eigenvalue weighted by molar-refractivity contribution is 7.15. The molecule has 2 rings (SSSR count). The Bertz CT molecular complexity index is 534. The first kappa shape index (κ1) is 11.9. The van der Waals surface area contributed by atoms with E-state index in [0.717, 1.165) is 21.9 Å². The number of nitrogens with two attached hydrogens (primary N) is 1. The smallest absolute Gasteiger partial charge is 0.180 e. The van der Waals surface area contributed by atoms with Crippen molar-refractivity contribution in [3.63, 3.8) is 0 Å². The van der Waals surface area contributed by atoms with E-state index < -0.39 is 0 Å². The molecule has 0 aliphatic carbocycles. The molecule has 17 heavy (non-hydrogen) atoms. The van der Waals surface area contributed by atoms with Gasteiger partial charge in [0.25, 0.3) is 0 Å². The third-order valence-electron chi connectivity index (χ3n) is 2.50. The molecule has 90 valence electrons. The van der Waals surface area contributed by atoms with Gasteiger partial charge in [0.05, 0.1) is 12.3 Å². The Morgan fingerprint density at radius 3 is 2.71 bits per heavy atom. The Kier molecular flexibility index (Phi) is 3.33. The van der Waals surface area contributed by atoms with Crippen molar-refractivity contribution in [1.82, 2.24) is 4.98 Å². The van der Waals surface area contributed by atoms with Crippen LogP contribution in [0.25, 0.3) is 11.3 Å². The first-order chi connectivity index (χ1) is 8.11. The van der Waals surface area contributed by atoms with Crippen LogP contribution in [0.1, 0.15) is 17.4 Å². The van der Waals surface area contributed by atoms with Gasteiger partial charge in [-0.2, -0.15) is 0 Å². The van der Waals surface area contributed by atoms with Crippen molar-refractivity contribution in [3.05, 3.63) is 28.6 Å². The Hall–Kier alpha value is -1.55. The number of aromatic nitrogens is 1. The van der Waals surface area contributed by atoms with Crippen LogP contribution in [0.4, 0.5) is 5.13 Å². The predicted octanol–water partition coefficient (Wildman–Crippen LogP) is 3.41. The van der Waals surface area contributed by atoms with Gasteiger partial charge in [-0.15, -0.1) is 11.3 Å². The van der Waals surface area contributed by atoms with Crippen LogP contribution in [-0.2, 0) is 0 Å². The number of ether oxygens (including phenoxy) is 1. The second-order valence-corrected chi connectivity index (χ2v) is 5.12. The van der Waals surface area contributed by atoms with Gasteiger partial charge in [0, 0.05) is 10.4 Å². The maximum atomic E-state index is 5.75. The first-order valence-corrected chi connectivity index (χ1v) is 6.40. The van der Waals surface area contributed by atoms with E-state index in [2.05, 4.69) is 18.0 Å². The van der Waals surface area contributed by atoms with E-state index in [9.17, 15) is 0 Å². The molecule has 0 spiro atoms. The molecule has 0 saturated heterocycles. The molecule has 2 N–H and O–H groups in total.